The summed E-state index contributed by atoms with van der Waals surface area (Å²) in [4.78, 5) is 7.85. The van der Waals surface area contributed by atoms with Crippen molar-refractivity contribution < 1.29 is 8.42 Å². The number of hydrogen-bond donors (Lipinski definition) is 7. The van der Waals surface area contributed by atoms with Gasteiger partial charge < -0.3 is 11.5 Å². The van der Waals surface area contributed by atoms with Crippen molar-refractivity contribution in [3.05, 3.63) is 18.2 Å². The molecule has 0 fully saturated rings. The Bertz CT molecular complexity index is 630. The third-order valence-electron chi connectivity index (χ3n) is 2.09. The van der Waals surface area contributed by atoms with Crippen molar-refractivity contribution >= 4 is 39.0 Å². The number of nitrogens with two attached hydrogens (primary N) is 4. The van der Waals surface area contributed by atoms with Gasteiger partial charge >= 0.3 is 0 Å². The summed E-state index contributed by atoms with van der Waals surface area (Å²) in [5, 5.41) is 0. The lowest BCUT2D eigenvalue weighted by molar-refractivity contribution is 0.607. The zero-order valence-electron chi connectivity index (χ0n) is 11.2. The molecule has 0 heterocycles. The van der Waals surface area contributed by atoms with Crippen molar-refractivity contribution in [2.75, 3.05) is 11.0 Å². The molecule has 0 bridgehead atoms. The first-order valence-corrected chi connectivity index (χ1v) is 7.38. The van der Waals surface area contributed by atoms with Gasteiger partial charge in [-0.05, 0) is 12.1 Å². The van der Waals surface area contributed by atoms with Crippen LogP contribution in [0.4, 0.5) is 17.1 Å². The number of aliphatic imine (C=N–C) groups is 2. The third kappa shape index (κ3) is 5.13. The van der Waals surface area contributed by atoms with Crippen LogP contribution in [0.25, 0.3) is 0 Å². The Balaban J connectivity index is 3.48. The van der Waals surface area contributed by atoms with Gasteiger partial charge in [-0.15, -0.1) is 0 Å². The summed E-state index contributed by atoms with van der Waals surface area (Å²) >= 11 is 0. The Hall–Kier alpha value is -2.57. The summed E-state index contributed by atoms with van der Waals surface area (Å²) in [6.45, 7) is 0. The number of benzene rings is 1. The van der Waals surface area contributed by atoms with Crippen LogP contribution in [0.5, 0.6) is 0 Å². The van der Waals surface area contributed by atoms with E-state index in [1.165, 1.54) is 12.1 Å². The summed E-state index contributed by atoms with van der Waals surface area (Å²) in [6, 6.07) is 4.62. The highest BCUT2D eigenvalue weighted by Crippen LogP contribution is 2.35. The van der Waals surface area contributed by atoms with Crippen LogP contribution in [-0.4, -0.2) is 26.6 Å². The maximum Gasteiger partial charge on any atom is 0.229 e. The van der Waals surface area contributed by atoms with Crippen molar-refractivity contribution in [3.63, 3.8) is 0 Å². The summed E-state index contributed by atoms with van der Waals surface area (Å²) in [7, 11) is -3.58. The highest BCUT2D eigenvalue weighted by Gasteiger charge is 2.13. The van der Waals surface area contributed by atoms with E-state index in [2.05, 4.69) is 25.6 Å². The van der Waals surface area contributed by atoms with Crippen LogP contribution in [0.15, 0.2) is 28.2 Å². The van der Waals surface area contributed by atoms with E-state index in [0.717, 1.165) is 6.26 Å². The van der Waals surface area contributed by atoms with Gasteiger partial charge in [0.05, 0.1) is 17.6 Å². The van der Waals surface area contributed by atoms with Crippen molar-refractivity contribution in [2.45, 2.75) is 0 Å². The van der Waals surface area contributed by atoms with Gasteiger partial charge in [-0.25, -0.2) is 30.1 Å². The fourth-order valence-corrected chi connectivity index (χ4v) is 1.91. The predicted octanol–water partition coefficient (Wildman–Crippen LogP) is -2.12. The van der Waals surface area contributed by atoms with Gasteiger partial charge in [0.25, 0.3) is 0 Å². The van der Waals surface area contributed by atoms with Crippen molar-refractivity contribution in [1.29, 1.82) is 0 Å². The average Bonchev–Trinajstić information content (AvgIpc) is 2.40. The molecule has 1 aromatic carbocycles. The average molecular weight is 315 g/mol. The Morgan fingerprint density at radius 2 is 1.48 bits per heavy atom. The van der Waals surface area contributed by atoms with Gasteiger partial charge in [-0.2, -0.15) is 0 Å². The summed E-state index contributed by atoms with van der Waals surface area (Å²) < 4.78 is 25.2. The third-order valence-corrected chi connectivity index (χ3v) is 2.66. The van der Waals surface area contributed by atoms with Crippen LogP contribution in [0, 0.1) is 0 Å². The van der Waals surface area contributed by atoms with Gasteiger partial charge in [0, 0.05) is 0 Å². The molecule has 116 valence electrons. The lowest BCUT2D eigenvalue weighted by Gasteiger charge is -2.11. The fourth-order valence-electron chi connectivity index (χ4n) is 1.33. The molecule has 0 saturated heterocycles. The highest BCUT2D eigenvalue weighted by atomic mass is 32.2. The molecule has 0 unspecified atom stereocenters. The Morgan fingerprint density at radius 1 is 1.05 bits per heavy atom. The number of guanidine groups is 2. The molecule has 0 spiro atoms. The van der Waals surface area contributed by atoms with E-state index in [-0.39, 0.29) is 29.0 Å². The fraction of sp³-hybridized carbons (Fsp3) is 0.111. The number of nitrogens with one attached hydrogen (secondary N) is 3. The van der Waals surface area contributed by atoms with E-state index in [1.54, 1.807) is 6.07 Å². The van der Waals surface area contributed by atoms with Crippen molar-refractivity contribution in [1.82, 2.24) is 10.9 Å². The molecule has 11 N–H and O–H groups in total. The minimum Gasteiger partial charge on any atom is -0.369 e. The lowest BCUT2D eigenvalue weighted by atomic mass is 10.2. The molecule has 0 aromatic heterocycles. The number of nitrogens with zero attached hydrogens (tertiary/aromatic N) is 2. The molecule has 0 atom stereocenters. The van der Waals surface area contributed by atoms with Gasteiger partial charge in [0.2, 0.25) is 21.9 Å². The van der Waals surface area contributed by atoms with Gasteiger partial charge in [-0.3, -0.25) is 15.6 Å². The van der Waals surface area contributed by atoms with Gasteiger partial charge in [0.1, 0.15) is 5.69 Å². The molecule has 21 heavy (non-hydrogen) atoms. The molecule has 11 nitrogen and oxygen atoms in total. The SMILES string of the molecule is CS(=O)(=O)Nc1c(N=C(N)NN)cccc1N=C(N)NN. The van der Waals surface area contributed by atoms with Crippen LogP contribution in [0.3, 0.4) is 0 Å². The summed E-state index contributed by atoms with van der Waals surface area (Å²) in [5.41, 5.74) is 15.7. The number of rotatable bonds is 4. The lowest BCUT2D eigenvalue weighted by Crippen LogP contribution is -2.36. The Morgan fingerprint density at radius 3 is 1.81 bits per heavy atom. The maximum absolute atomic E-state index is 11.5. The number of sulfonamides is 1. The molecule has 12 heteroatoms. The van der Waals surface area contributed by atoms with Crippen LogP contribution < -0.4 is 38.7 Å². The first kappa shape index (κ1) is 16.5. The molecular weight excluding hydrogens is 298 g/mol. The van der Waals surface area contributed by atoms with E-state index in [1.807, 2.05) is 0 Å². The van der Waals surface area contributed by atoms with E-state index in [0.29, 0.717) is 0 Å². The smallest absolute Gasteiger partial charge is 0.229 e. The highest BCUT2D eigenvalue weighted by molar-refractivity contribution is 7.92. The Labute approximate surface area is 121 Å². The molecule has 0 amide bonds. The number of hydrazine groups is 2. The molecule has 1 rings (SSSR count). The van der Waals surface area contributed by atoms with E-state index < -0.39 is 10.0 Å². The van der Waals surface area contributed by atoms with Crippen LogP contribution in [0.1, 0.15) is 0 Å². The molecule has 0 radical (unpaired) electrons. The van der Waals surface area contributed by atoms with Crippen LogP contribution in [0.2, 0.25) is 0 Å². The second kappa shape index (κ2) is 6.74. The second-order valence-electron chi connectivity index (χ2n) is 3.83. The molecule has 0 aliphatic rings. The van der Waals surface area contributed by atoms with E-state index in [9.17, 15) is 8.42 Å². The zero-order chi connectivity index (χ0) is 16.0. The number of para-hydroxylation sites is 1. The molecule has 0 saturated carbocycles. The number of hydrogen-bond acceptors (Lipinski definition) is 6. The summed E-state index contributed by atoms with van der Waals surface area (Å²) in [5.74, 6) is 10.0. The minimum atomic E-state index is -3.58. The van der Waals surface area contributed by atoms with E-state index in [4.69, 9.17) is 23.2 Å². The largest absolute Gasteiger partial charge is 0.369 e. The van der Waals surface area contributed by atoms with Crippen molar-refractivity contribution in [3.8, 4) is 0 Å². The van der Waals surface area contributed by atoms with Crippen molar-refractivity contribution in [2.24, 2.45) is 33.1 Å². The second-order valence-corrected chi connectivity index (χ2v) is 5.58. The zero-order valence-corrected chi connectivity index (χ0v) is 12.0. The number of anilines is 1. The van der Waals surface area contributed by atoms with Gasteiger partial charge in [0.15, 0.2) is 0 Å². The van der Waals surface area contributed by atoms with Crippen LogP contribution in [-0.2, 0) is 10.0 Å². The van der Waals surface area contributed by atoms with E-state index >= 15 is 0 Å². The first-order valence-electron chi connectivity index (χ1n) is 5.49. The maximum atomic E-state index is 11.5. The molecular formula is C9H17N9O2S. The molecule has 0 aliphatic heterocycles. The quantitative estimate of drug-likeness (QED) is 0.141. The molecule has 1 aromatic rings. The Kier molecular flexibility index (Phi) is 5.29. The van der Waals surface area contributed by atoms with Crippen LogP contribution >= 0.6 is 0 Å². The standard InChI is InChI=1S/C9H17N9O2S/c1-21(19,20)18-7-5(14-8(10)16-12)3-2-4-6(7)15-9(11)17-13/h2-4,18H,12-13H2,1H3,(H3,10,14,16)(H3,11,15,17). The normalized spacial score (nSPS) is 12.9. The predicted molar refractivity (Wildman–Crippen MR) is 82.1 cm³/mol. The minimum absolute atomic E-state index is 0.0800. The summed E-state index contributed by atoms with van der Waals surface area (Å²) in [6.07, 6.45) is 0.982. The monoisotopic (exact) mass is 315 g/mol. The molecule has 0 aliphatic carbocycles. The topological polar surface area (TPSA) is 199 Å². The van der Waals surface area contributed by atoms with Gasteiger partial charge in [-0.1, -0.05) is 6.07 Å². The first-order chi connectivity index (χ1) is 9.76.